The molecule has 3 aromatic heterocycles. The summed E-state index contributed by atoms with van der Waals surface area (Å²) >= 11 is 0. The van der Waals surface area contributed by atoms with Gasteiger partial charge in [-0.3, -0.25) is 24.8 Å². The second-order valence-electron chi connectivity index (χ2n) is 7.01. The summed E-state index contributed by atoms with van der Waals surface area (Å²) in [7, 11) is 0. The zero-order valence-corrected chi connectivity index (χ0v) is 16.1. The van der Waals surface area contributed by atoms with Crippen molar-refractivity contribution in [1.82, 2.24) is 25.1 Å². The number of piperidine rings is 1. The van der Waals surface area contributed by atoms with Crippen LogP contribution in [-0.2, 0) is 6.54 Å². The first kappa shape index (κ1) is 18.8. The minimum Gasteiger partial charge on any atom is -0.319 e. The highest BCUT2D eigenvalue weighted by atomic mass is 16.1. The summed E-state index contributed by atoms with van der Waals surface area (Å²) in [6.07, 6.45) is 12.3. The van der Waals surface area contributed by atoms with Crippen molar-refractivity contribution in [3.05, 3.63) is 71.6 Å². The summed E-state index contributed by atoms with van der Waals surface area (Å²) in [5, 5.41) is 9.52. The molecule has 0 radical (unpaired) electrons. The standard InChI is InChI=1S/C22H22N6O/c29-22(26-20-5-4-8-23-15-20)21-19(14-25-27-21)7-6-17-11-18(13-24-12-17)16-28-9-2-1-3-10-28/h4-5,8,11-15H,1-3,9-10,16H2,(H,25,27)(H,26,29). The van der Waals surface area contributed by atoms with Gasteiger partial charge in [0.15, 0.2) is 5.69 Å². The summed E-state index contributed by atoms with van der Waals surface area (Å²) < 4.78 is 0. The first-order valence-electron chi connectivity index (χ1n) is 9.71. The molecule has 0 saturated carbocycles. The third kappa shape index (κ3) is 5.06. The highest BCUT2D eigenvalue weighted by Crippen LogP contribution is 2.13. The molecule has 0 bridgehead atoms. The van der Waals surface area contributed by atoms with E-state index in [0.717, 1.165) is 30.8 Å². The maximum Gasteiger partial charge on any atom is 0.277 e. The molecule has 0 aliphatic carbocycles. The molecule has 0 aromatic carbocycles. The molecule has 29 heavy (non-hydrogen) atoms. The Balaban J connectivity index is 1.46. The van der Waals surface area contributed by atoms with Gasteiger partial charge < -0.3 is 5.32 Å². The number of rotatable bonds is 4. The smallest absolute Gasteiger partial charge is 0.277 e. The predicted molar refractivity (Wildman–Crippen MR) is 110 cm³/mol. The molecule has 0 spiro atoms. The lowest BCUT2D eigenvalue weighted by atomic mass is 10.1. The van der Waals surface area contributed by atoms with Crippen molar-refractivity contribution in [3.63, 3.8) is 0 Å². The predicted octanol–water partition coefficient (Wildman–Crippen LogP) is 2.84. The molecule has 4 rings (SSSR count). The molecule has 1 aliphatic rings. The van der Waals surface area contributed by atoms with Gasteiger partial charge in [0.2, 0.25) is 0 Å². The zero-order valence-electron chi connectivity index (χ0n) is 16.1. The molecular formula is C22H22N6O. The SMILES string of the molecule is O=C(Nc1cccnc1)c1n[nH]cc1C#Cc1cncc(CN2CCCCC2)c1. The molecule has 0 unspecified atom stereocenters. The fourth-order valence-electron chi connectivity index (χ4n) is 3.34. The van der Waals surface area contributed by atoms with Crippen LogP contribution in [0, 0.1) is 11.8 Å². The van der Waals surface area contributed by atoms with Crippen molar-refractivity contribution in [3.8, 4) is 11.8 Å². The Morgan fingerprint density at radius 2 is 2.03 bits per heavy atom. The van der Waals surface area contributed by atoms with E-state index in [0.29, 0.717) is 11.3 Å². The van der Waals surface area contributed by atoms with Crippen LogP contribution in [0.15, 0.2) is 49.2 Å². The molecular weight excluding hydrogens is 364 g/mol. The Hall–Kier alpha value is -3.50. The van der Waals surface area contributed by atoms with Gasteiger partial charge in [-0.2, -0.15) is 5.10 Å². The molecule has 7 heteroatoms. The van der Waals surface area contributed by atoms with Crippen LogP contribution in [0.2, 0.25) is 0 Å². The van der Waals surface area contributed by atoms with E-state index in [-0.39, 0.29) is 11.6 Å². The van der Waals surface area contributed by atoms with Gasteiger partial charge in [0, 0.05) is 36.9 Å². The third-order valence-corrected chi connectivity index (χ3v) is 4.77. The van der Waals surface area contributed by atoms with Crippen molar-refractivity contribution >= 4 is 11.6 Å². The van der Waals surface area contributed by atoms with Gasteiger partial charge in [-0.05, 0) is 49.7 Å². The van der Waals surface area contributed by atoms with Crippen molar-refractivity contribution in [2.45, 2.75) is 25.8 Å². The van der Waals surface area contributed by atoms with Crippen molar-refractivity contribution < 1.29 is 4.79 Å². The van der Waals surface area contributed by atoms with Crippen LogP contribution in [-0.4, -0.2) is 44.1 Å². The van der Waals surface area contributed by atoms with E-state index in [9.17, 15) is 4.79 Å². The Morgan fingerprint density at radius 3 is 2.86 bits per heavy atom. The van der Waals surface area contributed by atoms with Crippen molar-refractivity contribution in [2.75, 3.05) is 18.4 Å². The van der Waals surface area contributed by atoms with E-state index in [1.807, 2.05) is 6.20 Å². The van der Waals surface area contributed by atoms with E-state index in [4.69, 9.17) is 0 Å². The van der Waals surface area contributed by atoms with Crippen LogP contribution in [0.3, 0.4) is 0 Å². The molecule has 146 valence electrons. The number of nitrogens with zero attached hydrogens (tertiary/aromatic N) is 4. The molecule has 1 amide bonds. The van der Waals surface area contributed by atoms with Gasteiger partial charge >= 0.3 is 0 Å². The second kappa shape index (κ2) is 9.13. The number of amides is 1. The van der Waals surface area contributed by atoms with Gasteiger partial charge in [-0.25, -0.2) is 0 Å². The average Bonchev–Trinajstić information content (AvgIpc) is 3.23. The van der Waals surface area contributed by atoms with Crippen LogP contribution >= 0.6 is 0 Å². The summed E-state index contributed by atoms with van der Waals surface area (Å²) in [4.78, 5) is 23.2. The van der Waals surface area contributed by atoms with Crippen LogP contribution in [0.1, 0.15) is 46.4 Å². The first-order chi connectivity index (χ1) is 14.3. The number of anilines is 1. The minimum atomic E-state index is -0.333. The Morgan fingerprint density at radius 1 is 1.14 bits per heavy atom. The highest BCUT2D eigenvalue weighted by Gasteiger charge is 2.14. The van der Waals surface area contributed by atoms with E-state index in [2.05, 4.69) is 48.3 Å². The van der Waals surface area contributed by atoms with Crippen LogP contribution in [0.5, 0.6) is 0 Å². The first-order valence-corrected chi connectivity index (χ1v) is 9.71. The molecule has 0 atom stereocenters. The lowest BCUT2D eigenvalue weighted by molar-refractivity contribution is 0.102. The Bertz CT molecular complexity index is 1030. The molecule has 1 saturated heterocycles. The highest BCUT2D eigenvalue weighted by molar-refractivity contribution is 6.04. The number of H-pyrrole nitrogens is 1. The van der Waals surface area contributed by atoms with Gasteiger partial charge in [-0.1, -0.05) is 18.3 Å². The summed E-state index contributed by atoms with van der Waals surface area (Å²) in [5.74, 6) is 5.80. The second-order valence-corrected chi connectivity index (χ2v) is 7.01. The lowest BCUT2D eigenvalue weighted by Gasteiger charge is -2.26. The van der Waals surface area contributed by atoms with E-state index in [1.54, 1.807) is 36.9 Å². The molecule has 4 heterocycles. The number of hydrogen-bond acceptors (Lipinski definition) is 5. The summed E-state index contributed by atoms with van der Waals surface area (Å²) in [6, 6.07) is 5.58. The van der Waals surface area contributed by atoms with Crippen molar-refractivity contribution in [1.29, 1.82) is 0 Å². The van der Waals surface area contributed by atoms with Crippen LogP contribution < -0.4 is 5.32 Å². The number of hydrogen-bond donors (Lipinski definition) is 2. The topological polar surface area (TPSA) is 86.8 Å². The fourth-order valence-corrected chi connectivity index (χ4v) is 3.34. The summed E-state index contributed by atoms with van der Waals surface area (Å²) in [5.41, 5.74) is 3.36. The molecule has 7 nitrogen and oxygen atoms in total. The van der Waals surface area contributed by atoms with Crippen molar-refractivity contribution in [2.24, 2.45) is 0 Å². The maximum atomic E-state index is 12.5. The van der Waals surface area contributed by atoms with Crippen LogP contribution in [0.25, 0.3) is 0 Å². The largest absolute Gasteiger partial charge is 0.319 e. The third-order valence-electron chi connectivity index (χ3n) is 4.77. The van der Waals surface area contributed by atoms with Crippen LogP contribution in [0.4, 0.5) is 5.69 Å². The number of likely N-dealkylation sites (tertiary alicyclic amines) is 1. The number of nitrogens with one attached hydrogen (secondary N) is 2. The van der Waals surface area contributed by atoms with E-state index >= 15 is 0 Å². The Kier molecular flexibility index (Phi) is 5.93. The zero-order chi connectivity index (χ0) is 19.9. The molecule has 1 fully saturated rings. The number of pyridine rings is 2. The summed E-state index contributed by atoms with van der Waals surface area (Å²) in [6.45, 7) is 3.17. The monoisotopic (exact) mass is 386 g/mol. The Labute approximate surface area is 169 Å². The van der Waals surface area contributed by atoms with Gasteiger partial charge in [0.1, 0.15) is 0 Å². The average molecular weight is 386 g/mol. The van der Waals surface area contributed by atoms with E-state index in [1.165, 1.54) is 19.3 Å². The normalized spacial score (nSPS) is 14.1. The molecule has 3 aromatic rings. The number of carbonyl (C=O) groups is 1. The fraction of sp³-hybridized carbons (Fsp3) is 0.273. The number of aromatic nitrogens is 4. The lowest BCUT2D eigenvalue weighted by Crippen LogP contribution is -2.29. The molecule has 2 N–H and O–H groups in total. The molecule has 1 aliphatic heterocycles. The number of carbonyl (C=O) groups excluding carboxylic acids is 1. The van der Waals surface area contributed by atoms with Gasteiger partial charge in [0.25, 0.3) is 5.91 Å². The maximum absolute atomic E-state index is 12.5. The van der Waals surface area contributed by atoms with E-state index < -0.39 is 0 Å². The quantitative estimate of drug-likeness (QED) is 0.674. The number of aromatic amines is 1. The minimum absolute atomic E-state index is 0.249. The van der Waals surface area contributed by atoms with Gasteiger partial charge in [-0.15, -0.1) is 0 Å². The van der Waals surface area contributed by atoms with Gasteiger partial charge in [0.05, 0.1) is 17.4 Å².